The summed E-state index contributed by atoms with van der Waals surface area (Å²) in [5.74, 6) is -0.608. The van der Waals surface area contributed by atoms with Crippen LogP contribution in [-0.2, 0) is 42.7 Å². The van der Waals surface area contributed by atoms with E-state index < -0.39 is 35.9 Å². The first-order chi connectivity index (χ1) is 33.7. The second-order valence-corrected chi connectivity index (χ2v) is 17.2. The van der Waals surface area contributed by atoms with Crippen LogP contribution in [0.1, 0.15) is 57.4 Å². The van der Waals surface area contributed by atoms with Crippen molar-refractivity contribution >= 4 is 11.9 Å². The molecule has 2 fully saturated rings. The van der Waals surface area contributed by atoms with Crippen LogP contribution < -0.4 is 37.9 Å². The van der Waals surface area contributed by atoms with Crippen molar-refractivity contribution in [2.75, 3.05) is 108 Å². The van der Waals surface area contributed by atoms with Gasteiger partial charge in [-0.05, 0) is 81.9 Å². The summed E-state index contributed by atoms with van der Waals surface area (Å²) < 4.78 is 86.7. The number of hydrogen-bond donors (Lipinski definition) is 2. The highest BCUT2D eigenvalue weighted by atomic mass is 16.7. The quantitative estimate of drug-likeness (QED) is 0.0847. The molecule has 2 N–H and O–H groups in total. The summed E-state index contributed by atoms with van der Waals surface area (Å²) in [6.07, 6.45) is -1.01. The summed E-state index contributed by atoms with van der Waals surface area (Å²) in [5.41, 5.74) is 4.72. The average Bonchev–Trinajstić information content (AvgIpc) is 4.19. The zero-order valence-electron chi connectivity index (χ0n) is 38.6. The van der Waals surface area contributed by atoms with E-state index in [-0.39, 0.29) is 111 Å². The molecule has 4 heterocycles. The van der Waals surface area contributed by atoms with Crippen molar-refractivity contribution in [2.24, 2.45) is 23.7 Å². The van der Waals surface area contributed by atoms with Gasteiger partial charge in [0, 0.05) is 23.7 Å². The van der Waals surface area contributed by atoms with Crippen LogP contribution in [0.25, 0.3) is 0 Å². The van der Waals surface area contributed by atoms with Crippen LogP contribution in [0.4, 0.5) is 0 Å². The summed E-state index contributed by atoms with van der Waals surface area (Å²) in [5, 5.41) is 21.3. The van der Waals surface area contributed by atoms with Crippen molar-refractivity contribution in [2.45, 2.75) is 24.0 Å². The fraction of sp³-hybridized carbons (Fsp3) is 0.480. The number of carbonyl (C=O) groups is 2. The van der Waals surface area contributed by atoms with Gasteiger partial charge in [-0.2, -0.15) is 0 Å². The maximum Gasteiger partial charge on any atom is 0.310 e. The van der Waals surface area contributed by atoms with Crippen LogP contribution >= 0.6 is 0 Å². The first-order valence-electron chi connectivity index (χ1n) is 22.8. The summed E-state index contributed by atoms with van der Waals surface area (Å²) in [7, 11) is 5.83. The molecule has 2 aliphatic carbocycles. The number of esters is 2. The number of fused-ring (bicyclic) bond motifs is 6. The fourth-order valence-corrected chi connectivity index (χ4v) is 10.6. The molecule has 4 aliphatic heterocycles. The Balaban J connectivity index is 0.707. The molecule has 368 valence electrons. The number of carbonyl (C=O) groups excluding carboxylic acids is 2. The Morgan fingerprint density at radius 3 is 1.10 bits per heavy atom. The second kappa shape index (κ2) is 19.9. The molecule has 0 aromatic heterocycles. The number of phenols is 2. The Hall–Kier alpha value is -6.38. The lowest BCUT2D eigenvalue weighted by Crippen LogP contribution is -2.36. The zero-order chi connectivity index (χ0) is 47.8. The van der Waals surface area contributed by atoms with Crippen molar-refractivity contribution < 1.29 is 90.9 Å². The third kappa shape index (κ3) is 8.60. The topological polar surface area (TPSA) is 213 Å². The van der Waals surface area contributed by atoms with Gasteiger partial charge in [-0.25, -0.2) is 0 Å². The predicted molar refractivity (Wildman–Crippen MR) is 237 cm³/mol. The number of phenolic OH excluding ortho intramolecular Hbond substituents is 2. The van der Waals surface area contributed by atoms with Gasteiger partial charge in [0.1, 0.15) is 0 Å². The number of hydrogen-bond acceptors (Lipinski definition) is 19. The van der Waals surface area contributed by atoms with Crippen LogP contribution in [0.3, 0.4) is 0 Å². The number of aromatic hydroxyl groups is 2. The smallest absolute Gasteiger partial charge is 0.310 e. The molecule has 0 saturated carbocycles. The van der Waals surface area contributed by atoms with E-state index in [2.05, 4.69) is 0 Å². The molecule has 1 unspecified atom stereocenters. The first kappa shape index (κ1) is 46.4. The van der Waals surface area contributed by atoms with Crippen molar-refractivity contribution in [1.29, 1.82) is 0 Å². The normalized spacial score (nSPS) is 24.5. The molecule has 4 aromatic rings. The Morgan fingerprint density at radius 1 is 0.449 bits per heavy atom. The molecule has 6 aliphatic rings. The van der Waals surface area contributed by atoms with Crippen molar-refractivity contribution in [1.82, 2.24) is 0 Å². The third-order valence-corrected chi connectivity index (χ3v) is 13.8. The van der Waals surface area contributed by atoms with Gasteiger partial charge in [0.05, 0.1) is 119 Å². The van der Waals surface area contributed by atoms with E-state index in [0.29, 0.717) is 60.6 Å². The van der Waals surface area contributed by atoms with E-state index in [0.717, 1.165) is 22.3 Å². The van der Waals surface area contributed by atoms with Crippen LogP contribution in [0.15, 0.2) is 48.5 Å². The van der Waals surface area contributed by atoms with E-state index in [4.69, 9.17) is 71.1 Å². The van der Waals surface area contributed by atoms with E-state index >= 15 is 0 Å². The highest BCUT2D eigenvalue weighted by molar-refractivity contribution is 5.80. The fourth-order valence-electron chi connectivity index (χ4n) is 10.6. The molecule has 19 nitrogen and oxygen atoms in total. The van der Waals surface area contributed by atoms with Crippen LogP contribution in [0.5, 0.6) is 57.5 Å². The second-order valence-electron chi connectivity index (χ2n) is 17.2. The minimum absolute atomic E-state index is 0.0744. The number of benzene rings is 4. The number of rotatable bonds is 20. The summed E-state index contributed by atoms with van der Waals surface area (Å²) >= 11 is 0. The molecule has 0 amide bonds. The molecule has 19 heteroatoms. The predicted octanol–water partition coefficient (Wildman–Crippen LogP) is 5.32. The summed E-state index contributed by atoms with van der Waals surface area (Å²) in [4.78, 5) is 26.9. The molecule has 0 spiro atoms. The van der Waals surface area contributed by atoms with Crippen molar-refractivity contribution in [3.63, 3.8) is 0 Å². The molecule has 10 rings (SSSR count). The number of ether oxygens (including phenoxy) is 15. The lowest BCUT2D eigenvalue weighted by molar-refractivity contribution is -0.142. The molecule has 4 aromatic carbocycles. The maximum absolute atomic E-state index is 13.5. The van der Waals surface area contributed by atoms with Gasteiger partial charge in [0.2, 0.25) is 25.1 Å². The van der Waals surface area contributed by atoms with Gasteiger partial charge in [-0.1, -0.05) is 0 Å². The van der Waals surface area contributed by atoms with E-state index in [9.17, 15) is 19.8 Å². The lowest BCUT2D eigenvalue weighted by atomic mass is 9.66. The molecule has 2 saturated heterocycles. The van der Waals surface area contributed by atoms with Gasteiger partial charge >= 0.3 is 11.9 Å². The van der Waals surface area contributed by atoms with Crippen LogP contribution in [0, 0.1) is 23.7 Å². The minimum Gasteiger partial charge on any atom is -0.502 e. The largest absolute Gasteiger partial charge is 0.502 e. The highest BCUT2D eigenvalue weighted by Crippen LogP contribution is 2.58. The number of methoxy groups -OCH3 is 4. The molecule has 0 bridgehead atoms. The van der Waals surface area contributed by atoms with Crippen molar-refractivity contribution in [3.8, 4) is 57.5 Å². The molecule has 8 atom stereocenters. The third-order valence-electron chi connectivity index (χ3n) is 13.8. The SMILES string of the molecule is COc1cc([C@@H]2c3cc4c(cc3[C@@H](OCCOCCOCCOCCO[C@@H]3c5cc6c(cc5[C@@H](c5cc(OC)c(O)c(OC)c5)[C@H]5C(=O)OC[C@@H]53)OCO6)[C@H]3COC(=O)C23)OCO4)cc(OC)c1O. The Morgan fingerprint density at radius 2 is 0.768 bits per heavy atom. The van der Waals surface area contributed by atoms with E-state index in [1.807, 2.05) is 24.3 Å². The van der Waals surface area contributed by atoms with Gasteiger partial charge in [0.25, 0.3) is 0 Å². The Kier molecular flexibility index (Phi) is 13.4. The first-order valence-corrected chi connectivity index (χ1v) is 22.8. The average molecular weight is 959 g/mol. The zero-order valence-corrected chi connectivity index (χ0v) is 38.6. The van der Waals surface area contributed by atoms with Gasteiger partial charge in [-0.15, -0.1) is 0 Å². The van der Waals surface area contributed by atoms with Crippen LogP contribution in [0.2, 0.25) is 0 Å². The molecular weight excluding hydrogens is 905 g/mol. The molecule has 69 heavy (non-hydrogen) atoms. The minimum atomic E-state index is -0.596. The highest BCUT2D eigenvalue weighted by Gasteiger charge is 2.55. The lowest BCUT2D eigenvalue weighted by Gasteiger charge is -2.39. The molecule has 0 radical (unpaired) electrons. The summed E-state index contributed by atoms with van der Waals surface area (Å²) in [6, 6.07) is 14.4. The number of cyclic esters (lactones) is 2. The van der Waals surface area contributed by atoms with Gasteiger partial charge in [0.15, 0.2) is 46.0 Å². The standard InChI is InChI=1S/C50H54O19/c1-55-37-13-25(14-38(56-2)45(37)51)41-27-17-33-35(68-23-66-33)19-29(27)47(31-21-64-49(53)43(31)41)62-11-9-60-7-5-59-6-8-61-10-12-63-48-30-20-36-34(67-24-69-36)18-28(30)42(44-32(48)22-65-50(44)54)26-15-39(57-3)46(52)40(16-26)58-4/h13-20,31-32,41-44,47-48,51-52H,5-12,21-24H2,1-4H3/t31-,32-,41+,42+,43-,44?,47+,48+/m0/s1. The van der Waals surface area contributed by atoms with Crippen molar-refractivity contribution in [3.05, 3.63) is 81.9 Å². The summed E-state index contributed by atoms with van der Waals surface area (Å²) in [6.45, 7) is 2.81. The van der Waals surface area contributed by atoms with Gasteiger partial charge < -0.3 is 81.3 Å². The Bertz CT molecular complexity index is 2340. The van der Waals surface area contributed by atoms with Crippen LogP contribution in [-0.4, -0.2) is 130 Å². The molecular formula is C50H54O19. The maximum atomic E-state index is 13.5. The van der Waals surface area contributed by atoms with E-state index in [1.165, 1.54) is 28.4 Å². The monoisotopic (exact) mass is 958 g/mol. The van der Waals surface area contributed by atoms with Gasteiger partial charge in [-0.3, -0.25) is 9.59 Å². The van der Waals surface area contributed by atoms with E-state index in [1.54, 1.807) is 24.3 Å². The Labute approximate surface area is 397 Å².